The number of rotatable bonds is 11. The van der Waals surface area contributed by atoms with Gasteiger partial charge in [-0.15, -0.1) is 0 Å². The minimum atomic E-state index is -0.276. The van der Waals surface area contributed by atoms with Gasteiger partial charge in [0.2, 0.25) is 0 Å². The van der Waals surface area contributed by atoms with E-state index in [9.17, 15) is 9.59 Å². The molecule has 0 saturated carbocycles. The lowest BCUT2D eigenvalue weighted by Gasteiger charge is -2.22. The second-order valence-electron chi connectivity index (χ2n) is 6.50. The average molecular weight is 383 g/mol. The molecule has 0 N–H and O–H groups in total. The molecule has 0 saturated heterocycles. The van der Waals surface area contributed by atoms with Crippen molar-refractivity contribution in [2.45, 2.75) is 39.7 Å². The number of carbonyl (C=O) groups excluding carboxylic acids is 2. The number of ether oxygens (including phenoxy) is 2. The van der Waals surface area contributed by atoms with E-state index in [0.29, 0.717) is 37.6 Å². The molecule has 0 bridgehead atoms. The molecule has 5 nitrogen and oxygen atoms in total. The van der Waals surface area contributed by atoms with Crippen molar-refractivity contribution in [3.05, 3.63) is 65.7 Å². The highest BCUT2D eigenvalue weighted by Gasteiger charge is 2.17. The van der Waals surface area contributed by atoms with Gasteiger partial charge in [0, 0.05) is 18.7 Å². The predicted molar refractivity (Wildman–Crippen MR) is 109 cm³/mol. The number of unbranched alkanes of at least 4 members (excludes halogenated alkanes) is 1. The highest BCUT2D eigenvalue weighted by Crippen LogP contribution is 2.16. The topological polar surface area (TPSA) is 55.8 Å². The fourth-order valence-corrected chi connectivity index (χ4v) is 2.74. The zero-order valence-corrected chi connectivity index (χ0v) is 16.7. The molecular formula is C23H29NO4. The second kappa shape index (κ2) is 11.8. The number of benzene rings is 2. The number of nitrogens with zero attached hydrogens (tertiary/aromatic N) is 1. The van der Waals surface area contributed by atoms with Crippen LogP contribution >= 0.6 is 0 Å². The quantitative estimate of drug-likeness (QED) is 0.538. The van der Waals surface area contributed by atoms with Crippen LogP contribution in [-0.2, 0) is 16.1 Å². The van der Waals surface area contributed by atoms with E-state index in [2.05, 4.69) is 6.92 Å². The van der Waals surface area contributed by atoms with Crippen molar-refractivity contribution in [3.63, 3.8) is 0 Å². The molecule has 1 amide bonds. The van der Waals surface area contributed by atoms with E-state index in [1.807, 2.05) is 30.3 Å². The zero-order chi connectivity index (χ0) is 20.2. The van der Waals surface area contributed by atoms with Gasteiger partial charge in [-0.1, -0.05) is 43.7 Å². The van der Waals surface area contributed by atoms with Crippen molar-refractivity contribution in [3.8, 4) is 5.75 Å². The maximum absolute atomic E-state index is 12.8. The molecule has 0 unspecified atom stereocenters. The first kappa shape index (κ1) is 21.5. The molecular weight excluding hydrogens is 354 g/mol. The summed E-state index contributed by atoms with van der Waals surface area (Å²) in [5.41, 5.74) is 1.68. The normalized spacial score (nSPS) is 10.4. The van der Waals surface area contributed by atoms with Gasteiger partial charge >= 0.3 is 5.97 Å². The van der Waals surface area contributed by atoms with Gasteiger partial charge < -0.3 is 14.4 Å². The Morgan fingerprint density at radius 1 is 0.929 bits per heavy atom. The average Bonchev–Trinajstić information content (AvgIpc) is 2.73. The van der Waals surface area contributed by atoms with Crippen LogP contribution in [0.3, 0.4) is 0 Å². The maximum atomic E-state index is 12.8. The number of hydrogen-bond donors (Lipinski definition) is 0. The van der Waals surface area contributed by atoms with Crippen LogP contribution in [0.1, 0.15) is 49.0 Å². The van der Waals surface area contributed by atoms with Crippen LogP contribution < -0.4 is 4.74 Å². The number of amides is 1. The molecule has 0 aliphatic carbocycles. The highest BCUT2D eigenvalue weighted by atomic mass is 16.5. The van der Waals surface area contributed by atoms with E-state index in [4.69, 9.17) is 9.47 Å². The summed E-state index contributed by atoms with van der Waals surface area (Å²) < 4.78 is 10.7. The van der Waals surface area contributed by atoms with Crippen LogP contribution in [0.5, 0.6) is 5.75 Å². The predicted octanol–water partition coefficient (Wildman–Crippen LogP) is 4.46. The lowest BCUT2D eigenvalue weighted by Crippen LogP contribution is -2.34. The van der Waals surface area contributed by atoms with Gasteiger partial charge in [0.05, 0.1) is 13.0 Å². The first-order chi connectivity index (χ1) is 13.6. The molecule has 0 radical (unpaired) electrons. The monoisotopic (exact) mass is 383 g/mol. The summed E-state index contributed by atoms with van der Waals surface area (Å²) in [6.45, 7) is 5.68. The van der Waals surface area contributed by atoms with Gasteiger partial charge in [0.1, 0.15) is 12.4 Å². The van der Waals surface area contributed by atoms with Crippen molar-refractivity contribution in [2.24, 2.45) is 0 Å². The fourth-order valence-electron chi connectivity index (χ4n) is 2.74. The molecule has 0 heterocycles. The van der Waals surface area contributed by atoms with Crippen LogP contribution in [-0.4, -0.2) is 36.5 Å². The molecule has 150 valence electrons. The molecule has 0 atom stereocenters. The third-order valence-corrected chi connectivity index (χ3v) is 4.31. The first-order valence-corrected chi connectivity index (χ1v) is 9.85. The summed E-state index contributed by atoms with van der Waals surface area (Å²) in [5, 5.41) is 0. The van der Waals surface area contributed by atoms with Crippen LogP contribution in [0.15, 0.2) is 54.6 Å². The molecule has 0 fully saturated rings. The molecule has 28 heavy (non-hydrogen) atoms. The molecule has 5 heteroatoms. The van der Waals surface area contributed by atoms with E-state index >= 15 is 0 Å². The minimum absolute atomic E-state index is 0.0765. The molecule has 0 aliphatic rings. The first-order valence-electron chi connectivity index (χ1n) is 9.85. The molecule has 0 aliphatic heterocycles. The molecule has 2 aromatic rings. The van der Waals surface area contributed by atoms with Gasteiger partial charge in [0.25, 0.3) is 5.91 Å². The van der Waals surface area contributed by atoms with Crippen LogP contribution in [0.4, 0.5) is 0 Å². The maximum Gasteiger partial charge on any atom is 0.307 e. The molecule has 2 rings (SSSR count). The smallest absolute Gasteiger partial charge is 0.307 e. The van der Waals surface area contributed by atoms with E-state index in [1.165, 1.54) is 0 Å². The summed E-state index contributed by atoms with van der Waals surface area (Å²) in [5.74, 6) is 0.362. The van der Waals surface area contributed by atoms with Crippen LogP contribution in [0.2, 0.25) is 0 Å². The second-order valence-corrected chi connectivity index (χ2v) is 6.50. The Bertz CT molecular complexity index is 728. The van der Waals surface area contributed by atoms with Gasteiger partial charge in [-0.3, -0.25) is 9.59 Å². The van der Waals surface area contributed by atoms with E-state index in [-0.39, 0.29) is 18.3 Å². The Kier molecular flexibility index (Phi) is 9.05. The van der Waals surface area contributed by atoms with Crippen molar-refractivity contribution in [1.82, 2.24) is 4.90 Å². The zero-order valence-electron chi connectivity index (χ0n) is 16.7. The van der Waals surface area contributed by atoms with E-state index in [1.54, 1.807) is 36.1 Å². The minimum Gasteiger partial charge on any atom is -0.489 e. The van der Waals surface area contributed by atoms with Crippen molar-refractivity contribution in [1.29, 1.82) is 0 Å². The lowest BCUT2D eigenvalue weighted by atomic mass is 10.1. The van der Waals surface area contributed by atoms with Gasteiger partial charge in [-0.2, -0.15) is 0 Å². The summed E-state index contributed by atoms with van der Waals surface area (Å²) in [6, 6.07) is 17.1. The van der Waals surface area contributed by atoms with Crippen molar-refractivity contribution in [2.75, 3.05) is 19.7 Å². The van der Waals surface area contributed by atoms with Crippen molar-refractivity contribution < 1.29 is 19.1 Å². The summed E-state index contributed by atoms with van der Waals surface area (Å²) in [7, 11) is 0. The molecule has 0 aromatic heterocycles. The third kappa shape index (κ3) is 7.06. The number of carbonyl (C=O) groups is 2. The van der Waals surface area contributed by atoms with Gasteiger partial charge in [-0.05, 0) is 43.2 Å². The molecule has 2 aromatic carbocycles. The fraction of sp³-hybridized carbons (Fsp3) is 0.391. The van der Waals surface area contributed by atoms with Crippen LogP contribution in [0.25, 0.3) is 0 Å². The summed E-state index contributed by atoms with van der Waals surface area (Å²) >= 11 is 0. The Labute approximate surface area is 167 Å². The number of esters is 1. The Morgan fingerprint density at radius 2 is 1.64 bits per heavy atom. The van der Waals surface area contributed by atoms with Crippen LogP contribution in [0, 0.1) is 0 Å². The number of hydrogen-bond acceptors (Lipinski definition) is 4. The molecule has 0 spiro atoms. The third-order valence-electron chi connectivity index (χ3n) is 4.31. The summed E-state index contributed by atoms with van der Waals surface area (Å²) in [4.78, 5) is 26.2. The Morgan fingerprint density at radius 3 is 2.29 bits per heavy atom. The highest BCUT2D eigenvalue weighted by molar-refractivity contribution is 5.94. The standard InChI is InChI=1S/C23H29NO4/c1-3-5-16-24(17-15-22(25)27-4-2)23(26)20-11-13-21(14-12-20)28-18-19-9-7-6-8-10-19/h6-14H,3-5,15-18H2,1-2H3. The van der Waals surface area contributed by atoms with E-state index < -0.39 is 0 Å². The van der Waals surface area contributed by atoms with Crippen molar-refractivity contribution >= 4 is 11.9 Å². The largest absolute Gasteiger partial charge is 0.489 e. The van der Waals surface area contributed by atoms with Gasteiger partial charge in [0.15, 0.2) is 0 Å². The Balaban J connectivity index is 1.95. The lowest BCUT2D eigenvalue weighted by molar-refractivity contribution is -0.143. The van der Waals surface area contributed by atoms with E-state index in [0.717, 1.165) is 18.4 Å². The van der Waals surface area contributed by atoms with Gasteiger partial charge in [-0.25, -0.2) is 0 Å². The summed E-state index contributed by atoms with van der Waals surface area (Å²) in [6.07, 6.45) is 2.09. The Hall–Kier alpha value is -2.82. The SMILES string of the molecule is CCCCN(CCC(=O)OCC)C(=O)c1ccc(OCc2ccccc2)cc1.